The molecule has 4 heteroatoms. The average molecular weight is 295 g/mol. The summed E-state index contributed by atoms with van der Waals surface area (Å²) in [5.74, 6) is 0. The molecule has 0 radical (unpaired) electrons. The molecule has 1 aromatic carbocycles. The van der Waals surface area contributed by atoms with Crippen molar-refractivity contribution in [2.75, 3.05) is 26.3 Å². The Morgan fingerprint density at radius 1 is 1.29 bits per heavy atom. The van der Waals surface area contributed by atoms with Gasteiger partial charge in [0.05, 0.1) is 13.2 Å². The van der Waals surface area contributed by atoms with Gasteiger partial charge >= 0.3 is 0 Å². The Labute approximate surface area is 109 Å². The lowest BCUT2D eigenvalue weighted by molar-refractivity contribution is 0.0342. The first-order chi connectivity index (χ1) is 8.33. The summed E-state index contributed by atoms with van der Waals surface area (Å²) in [6.07, 6.45) is 1.99. The molecule has 0 bridgehead atoms. The van der Waals surface area contributed by atoms with Crippen molar-refractivity contribution in [1.29, 1.82) is 0 Å². The molecule has 0 aliphatic carbocycles. The summed E-state index contributed by atoms with van der Waals surface area (Å²) in [7, 11) is 0. The summed E-state index contributed by atoms with van der Waals surface area (Å²) in [4.78, 5) is 5.67. The van der Waals surface area contributed by atoms with E-state index in [-0.39, 0.29) is 0 Å². The zero-order valence-electron chi connectivity index (χ0n) is 9.58. The van der Waals surface area contributed by atoms with Gasteiger partial charge in [0.25, 0.3) is 0 Å². The fourth-order valence-corrected chi connectivity index (χ4v) is 2.69. The lowest BCUT2D eigenvalue weighted by Crippen LogP contribution is -2.35. The molecule has 3 rings (SSSR count). The molecule has 17 heavy (non-hydrogen) atoms. The molecule has 0 atom stereocenters. The maximum atomic E-state index is 5.36. The fraction of sp³-hybridized carbons (Fsp3) is 0.385. The number of aromatic amines is 1. The van der Waals surface area contributed by atoms with E-state index in [1.54, 1.807) is 0 Å². The lowest BCUT2D eigenvalue weighted by atomic mass is 10.1. The quantitative estimate of drug-likeness (QED) is 0.922. The van der Waals surface area contributed by atoms with Crippen LogP contribution < -0.4 is 0 Å². The molecule has 1 saturated heterocycles. The first-order valence-corrected chi connectivity index (χ1v) is 6.68. The largest absolute Gasteiger partial charge is 0.379 e. The molecule has 2 aromatic rings. The van der Waals surface area contributed by atoms with Crippen LogP contribution in [0.4, 0.5) is 0 Å². The van der Waals surface area contributed by atoms with E-state index >= 15 is 0 Å². The summed E-state index contributed by atoms with van der Waals surface area (Å²) >= 11 is 3.56. The number of hydrogen-bond acceptors (Lipinski definition) is 2. The zero-order chi connectivity index (χ0) is 11.7. The Bertz CT molecular complexity index is 517. The van der Waals surface area contributed by atoms with Gasteiger partial charge in [-0.05, 0) is 33.6 Å². The van der Waals surface area contributed by atoms with Crippen molar-refractivity contribution in [2.45, 2.75) is 6.54 Å². The highest BCUT2D eigenvalue weighted by Crippen LogP contribution is 2.24. The van der Waals surface area contributed by atoms with Crippen LogP contribution >= 0.6 is 15.9 Å². The molecule has 1 aliphatic heterocycles. The maximum absolute atomic E-state index is 5.36. The number of halogens is 1. The van der Waals surface area contributed by atoms with Gasteiger partial charge in [-0.25, -0.2) is 0 Å². The van der Waals surface area contributed by atoms with Crippen molar-refractivity contribution >= 4 is 26.8 Å². The van der Waals surface area contributed by atoms with Gasteiger partial charge in [-0.2, -0.15) is 0 Å². The molecule has 0 spiro atoms. The van der Waals surface area contributed by atoms with Crippen LogP contribution in [0.5, 0.6) is 0 Å². The van der Waals surface area contributed by atoms with E-state index in [1.165, 1.54) is 16.5 Å². The Balaban J connectivity index is 1.82. The zero-order valence-corrected chi connectivity index (χ0v) is 11.2. The Morgan fingerprint density at radius 3 is 2.94 bits per heavy atom. The van der Waals surface area contributed by atoms with Crippen LogP contribution in [-0.2, 0) is 11.3 Å². The Morgan fingerprint density at radius 2 is 2.12 bits per heavy atom. The van der Waals surface area contributed by atoms with Gasteiger partial charge in [0.15, 0.2) is 0 Å². The fourth-order valence-electron chi connectivity index (χ4n) is 2.25. The third-order valence-electron chi connectivity index (χ3n) is 3.21. The van der Waals surface area contributed by atoms with Gasteiger partial charge in [-0.15, -0.1) is 0 Å². The average Bonchev–Trinajstić information content (AvgIpc) is 2.73. The van der Waals surface area contributed by atoms with Crippen molar-refractivity contribution < 1.29 is 4.74 Å². The number of H-pyrrole nitrogens is 1. The third kappa shape index (κ3) is 2.39. The monoisotopic (exact) mass is 294 g/mol. The van der Waals surface area contributed by atoms with Gasteiger partial charge in [0, 0.05) is 41.2 Å². The maximum Gasteiger partial charge on any atom is 0.0594 e. The van der Waals surface area contributed by atoms with E-state index in [1.807, 2.05) is 6.20 Å². The number of morpholine rings is 1. The molecule has 2 heterocycles. The van der Waals surface area contributed by atoms with Crippen molar-refractivity contribution in [1.82, 2.24) is 9.88 Å². The predicted molar refractivity (Wildman–Crippen MR) is 72.1 cm³/mol. The van der Waals surface area contributed by atoms with Gasteiger partial charge in [-0.3, -0.25) is 4.90 Å². The number of ether oxygens (including phenoxy) is 1. The van der Waals surface area contributed by atoms with E-state index < -0.39 is 0 Å². The number of benzene rings is 1. The minimum absolute atomic E-state index is 0.857. The highest BCUT2D eigenvalue weighted by molar-refractivity contribution is 9.10. The standard InChI is InChI=1S/C13H15BrN2O/c14-12-8-15-13-2-1-10(7-11(12)13)9-16-3-5-17-6-4-16/h1-2,7-8,15H,3-6,9H2. The van der Waals surface area contributed by atoms with Crippen LogP contribution in [0.1, 0.15) is 5.56 Å². The number of rotatable bonds is 2. The second kappa shape index (κ2) is 4.80. The summed E-state index contributed by atoms with van der Waals surface area (Å²) in [6, 6.07) is 6.60. The van der Waals surface area contributed by atoms with E-state index in [2.05, 4.69) is 44.0 Å². The Kier molecular flexibility index (Phi) is 3.18. The van der Waals surface area contributed by atoms with Crippen LogP contribution in [-0.4, -0.2) is 36.2 Å². The predicted octanol–water partition coefficient (Wildman–Crippen LogP) is 2.76. The van der Waals surface area contributed by atoms with Crippen molar-refractivity contribution in [3.63, 3.8) is 0 Å². The summed E-state index contributed by atoms with van der Waals surface area (Å²) in [5, 5.41) is 1.26. The molecule has 1 aliphatic rings. The number of nitrogens with one attached hydrogen (secondary N) is 1. The van der Waals surface area contributed by atoms with Gasteiger partial charge in [0.1, 0.15) is 0 Å². The smallest absolute Gasteiger partial charge is 0.0594 e. The van der Waals surface area contributed by atoms with Gasteiger partial charge in [-0.1, -0.05) is 6.07 Å². The van der Waals surface area contributed by atoms with Crippen molar-refractivity contribution in [3.05, 3.63) is 34.4 Å². The summed E-state index contributed by atoms with van der Waals surface area (Å²) in [6.45, 7) is 4.79. The highest BCUT2D eigenvalue weighted by atomic mass is 79.9. The van der Waals surface area contributed by atoms with E-state index in [4.69, 9.17) is 4.74 Å². The van der Waals surface area contributed by atoms with E-state index in [9.17, 15) is 0 Å². The minimum atomic E-state index is 0.857. The molecule has 1 aromatic heterocycles. The SMILES string of the molecule is Brc1c[nH]c2ccc(CN3CCOCC3)cc12. The topological polar surface area (TPSA) is 28.3 Å². The van der Waals surface area contributed by atoms with Crippen molar-refractivity contribution in [3.8, 4) is 0 Å². The Hall–Kier alpha value is -0.840. The van der Waals surface area contributed by atoms with Crippen LogP contribution in [0.3, 0.4) is 0 Å². The second-order valence-electron chi connectivity index (χ2n) is 4.41. The highest BCUT2D eigenvalue weighted by Gasteiger charge is 2.11. The second-order valence-corrected chi connectivity index (χ2v) is 5.26. The van der Waals surface area contributed by atoms with Crippen LogP contribution in [0.2, 0.25) is 0 Å². The first-order valence-electron chi connectivity index (χ1n) is 5.88. The molecule has 0 saturated carbocycles. The lowest BCUT2D eigenvalue weighted by Gasteiger charge is -2.26. The molecule has 1 N–H and O–H groups in total. The molecule has 90 valence electrons. The number of nitrogens with zero attached hydrogens (tertiary/aromatic N) is 1. The number of aromatic nitrogens is 1. The van der Waals surface area contributed by atoms with Crippen LogP contribution in [0.25, 0.3) is 10.9 Å². The molecule has 0 unspecified atom stereocenters. The number of fused-ring (bicyclic) bond motifs is 1. The normalized spacial score (nSPS) is 17.7. The number of hydrogen-bond donors (Lipinski definition) is 1. The van der Waals surface area contributed by atoms with Crippen LogP contribution in [0.15, 0.2) is 28.9 Å². The third-order valence-corrected chi connectivity index (χ3v) is 3.86. The van der Waals surface area contributed by atoms with Gasteiger partial charge < -0.3 is 9.72 Å². The van der Waals surface area contributed by atoms with Crippen molar-refractivity contribution in [2.24, 2.45) is 0 Å². The van der Waals surface area contributed by atoms with E-state index in [0.29, 0.717) is 0 Å². The van der Waals surface area contributed by atoms with Gasteiger partial charge in [0.2, 0.25) is 0 Å². The molecule has 3 nitrogen and oxygen atoms in total. The molecule has 1 fully saturated rings. The molecule has 0 amide bonds. The minimum Gasteiger partial charge on any atom is -0.379 e. The summed E-state index contributed by atoms with van der Waals surface area (Å²) < 4.78 is 6.50. The van der Waals surface area contributed by atoms with Crippen LogP contribution in [0, 0.1) is 0 Å². The van der Waals surface area contributed by atoms with E-state index in [0.717, 1.165) is 37.3 Å². The molecular weight excluding hydrogens is 280 g/mol. The first kappa shape index (κ1) is 11.3. The summed E-state index contributed by atoms with van der Waals surface area (Å²) in [5.41, 5.74) is 2.54. The molecular formula is C13H15BrN2O.